The quantitative estimate of drug-likeness (QED) is 0.685. The minimum Gasteiger partial charge on any atom is -0.495 e. The van der Waals surface area contributed by atoms with Crippen LogP contribution in [0, 0.1) is 6.92 Å². The smallest absolute Gasteiger partial charge is 0.327 e. The molecule has 0 spiro atoms. The lowest BCUT2D eigenvalue weighted by atomic mass is 9.91. The molecule has 1 saturated heterocycles. The van der Waals surface area contributed by atoms with Crippen LogP contribution in [0.5, 0.6) is 5.75 Å². The molecular formula is C20H22ClN5O3. The van der Waals surface area contributed by atoms with Crippen LogP contribution in [-0.2, 0) is 0 Å². The number of piperidine rings is 1. The van der Waals surface area contributed by atoms with Crippen LogP contribution >= 0.6 is 11.6 Å². The Kier molecular flexibility index (Phi) is 4.96. The molecule has 0 radical (unpaired) electrons. The van der Waals surface area contributed by atoms with E-state index in [4.69, 9.17) is 22.1 Å². The number of nitrogens with two attached hydrogens (primary N) is 1. The van der Waals surface area contributed by atoms with E-state index in [1.54, 1.807) is 34.9 Å². The zero-order valence-corrected chi connectivity index (χ0v) is 16.9. The number of methoxy groups -OCH3 is 1. The maximum atomic E-state index is 12.7. The molecule has 3 heterocycles. The van der Waals surface area contributed by atoms with Crippen LogP contribution in [0.3, 0.4) is 0 Å². The van der Waals surface area contributed by atoms with E-state index in [-0.39, 0.29) is 17.8 Å². The highest BCUT2D eigenvalue weighted by molar-refractivity contribution is 6.32. The number of hydrogen-bond acceptors (Lipinski definition) is 4. The van der Waals surface area contributed by atoms with Crippen molar-refractivity contribution in [2.75, 3.05) is 13.7 Å². The summed E-state index contributed by atoms with van der Waals surface area (Å²) < 4.78 is 6.91. The Morgan fingerprint density at radius 1 is 1.38 bits per heavy atom. The SMILES string of the molecule is COc1ccc(C2CC(n3c(=O)[nH]c4c(C)ccnc43)CCN2C(N)=O)cc1Cl. The first kappa shape index (κ1) is 19.3. The second-order valence-electron chi connectivity index (χ2n) is 7.25. The lowest BCUT2D eigenvalue weighted by Crippen LogP contribution is -2.45. The number of aryl methyl sites for hydroxylation is 1. The number of amides is 2. The number of nitrogens with one attached hydrogen (secondary N) is 1. The molecule has 1 aliphatic rings. The van der Waals surface area contributed by atoms with Crippen LogP contribution in [0.25, 0.3) is 11.2 Å². The average molecular weight is 416 g/mol. The summed E-state index contributed by atoms with van der Waals surface area (Å²) in [6.07, 6.45) is 2.82. The number of likely N-dealkylation sites (tertiary alicyclic amines) is 1. The highest BCUT2D eigenvalue weighted by atomic mass is 35.5. The molecule has 29 heavy (non-hydrogen) atoms. The summed E-state index contributed by atoms with van der Waals surface area (Å²) in [7, 11) is 1.55. The minimum atomic E-state index is -0.499. The topological polar surface area (TPSA) is 106 Å². The highest BCUT2D eigenvalue weighted by Crippen LogP contribution is 2.39. The molecule has 8 nitrogen and oxygen atoms in total. The number of urea groups is 1. The van der Waals surface area contributed by atoms with Crippen molar-refractivity contribution in [1.82, 2.24) is 19.4 Å². The van der Waals surface area contributed by atoms with Crippen molar-refractivity contribution < 1.29 is 9.53 Å². The summed E-state index contributed by atoms with van der Waals surface area (Å²) in [6.45, 7) is 2.36. The predicted octanol–water partition coefficient (Wildman–Crippen LogP) is 3.15. The molecule has 2 aromatic heterocycles. The number of halogens is 1. The molecule has 152 valence electrons. The Labute approximate surface area is 172 Å². The molecule has 0 saturated carbocycles. The predicted molar refractivity (Wildman–Crippen MR) is 110 cm³/mol. The molecular weight excluding hydrogens is 394 g/mol. The Bertz CT molecular complexity index is 1140. The number of H-pyrrole nitrogens is 1. The summed E-state index contributed by atoms with van der Waals surface area (Å²) in [4.78, 5) is 33.7. The van der Waals surface area contributed by atoms with Gasteiger partial charge in [-0.2, -0.15) is 0 Å². The van der Waals surface area contributed by atoms with Gasteiger partial charge in [-0.3, -0.25) is 4.57 Å². The zero-order valence-electron chi connectivity index (χ0n) is 16.2. The van der Waals surface area contributed by atoms with Crippen molar-refractivity contribution in [1.29, 1.82) is 0 Å². The summed E-state index contributed by atoms with van der Waals surface area (Å²) in [5.74, 6) is 0.556. The Hall–Kier alpha value is -3.00. The maximum Gasteiger partial charge on any atom is 0.327 e. The fourth-order valence-corrected chi connectivity index (χ4v) is 4.40. The van der Waals surface area contributed by atoms with Gasteiger partial charge in [0.15, 0.2) is 5.65 Å². The number of pyridine rings is 1. The number of hydrogen-bond donors (Lipinski definition) is 2. The van der Waals surface area contributed by atoms with E-state index in [0.717, 1.165) is 16.6 Å². The van der Waals surface area contributed by atoms with Crippen LogP contribution in [0.4, 0.5) is 4.79 Å². The molecule has 2 atom stereocenters. The molecule has 2 amide bonds. The number of primary amides is 1. The third-order valence-corrected chi connectivity index (χ3v) is 5.90. The summed E-state index contributed by atoms with van der Waals surface area (Å²) in [5.41, 5.74) is 8.59. The van der Waals surface area contributed by atoms with Gasteiger partial charge >= 0.3 is 11.7 Å². The molecule has 1 fully saturated rings. The number of imidazole rings is 1. The molecule has 1 aromatic carbocycles. The molecule has 2 unspecified atom stereocenters. The zero-order chi connectivity index (χ0) is 20.7. The highest BCUT2D eigenvalue weighted by Gasteiger charge is 2.34. The van der Waals surface area contributed by atoms with Gasteiger partial charge in [-0.25, -0.2) is 14.6 Å². The Morgan fingerprint density at radius 2 is 2.17 bits per heavy atom. The number of carbonyl (C=O) groups excluding carboxylic acids is 1. The number of aromatic amines is 1. The van der Waals surface area contributed by atoms with E-state index in [9.17, 15) is 9.59 Å². The van der Waals surface area contributed by atoms with Gasteiger partial charge in [-0.1, -0.05) is 17.7 Å². The van der Waals surface area contributed by atoms with Crippen molar-refractivity contribution >= 4 is 28.8 Å². The number of fused-ring (bicyclic) bond motifs is 1. The van der Waals surface area contributed by atoms with Crippen LogP contribution in [0.1, 0.15) is 36.1 Å². The van der Waals surface area contributed by atoms with E-state index in [1.165, 1.54) is 0 Å². The van der Waals surface area contributed by atoms with E-state index in [2.05, 4.69) is 9.97 Å². The van der Waals surface area contributed by atoms with Gasteiger partial charge in [0.2, 0.25) is 0 Å². The maximum absolute atomic E-state index is 12.7. The van der Waals surface area contributed by atoms with Gasteiger partial charge in [0, 0.05) is 18.8 Å². The summed E-state index contributed by atoms with van der Waals surface area (Å²) in [5, 5.41) is 0.457. The number of rotatable bonds is 3. The first-order chi connectivity index (χ1) is 13.9. The fourth-order valence-electron chi connectivity index (χ4n) is 4.13. The summed E-state index contributed by atoms with van der Waals surface area (Å²) in [6, 6.07) is 6.34. The second-order valence-corrected chi connectivity index (χ2v) is 7.65. The van der Waals surface area contributed by atoms with Crippen molar-refractivity contribution in [2.24, 2.45) is 5.73 Å². The standard InChI is InChI=1S/C20H22ClN5O3/c1-11-5-7-23-18-17(11)24-20(28)26(18)13-6-8-25(19(22)27)15(10-13)12-3-4-16(29-2)14(21)9-12/h3-5,7,9,13,15H,6,8,10H2,1-2H3,(H2,22,27)(H,24,28). The van der Waals surface area contributed by atoms with Crippen molar-refractivity contribution in [3.05, 3.63) is 57.1 Å². The molecule has 0 bridgehead atoms. The van der Waals surface area contributed by atoms with E-state index >= 15 is 0 Å². The molecule has 3 N–H and O–H groups in total. The number of ether oxygens (including phenoxy) is 1. The van der Waals surface area contributed by atoms with Crippen LogP contribution < -0.4 is 16.2 Å². The average Bonchev–Trinajstić information content (AvgIpc) is 3.04. The monoisotopic (exact) mass is 415 g/mol. The molecule has 9 heteroatoms. The van der Waals surface area contributed by atoms with E-state index in [1.807, 2.05) is 19.1 Å². The fraction of sp³-hybridized carbons (Fsp3) is 0.350. The third kappa shape index (κ3) is 3.33. The molecule has 4 rings (SSSR count). The second kappa shape index (κ2) is 7.44. The van der Waals surface area contributed by atoms with Gasteiger partial charge in [0.25, 0.3) is 0 Å². The summed E-state index contributed by atoms with van der Waals surface area (Å²) >= 11 is 6.30. The van der Waals surface area contributed by atoms with Crippen LogP contribution in [0.2, 0.25) is 5.02 Å². The molecule has 1 aliphatic heterocycles. The van der Waals surface area contributed by atoms with Gasteiger partial charge in [0.05, 0.1) is 23.7 Å². The van der Waals surface area contributed by atoms with E-state index in [0.29, 0.717) is 35.8 Å². The van der Waals surface area contributed by atoms with Gasteiger partial charge in [0.1, 0.15) is 5.75 Å². The first-order valence-electron chi connectivity index (χ1n) is 9.36. The van der Waals surface area contributed by atoms with Gasteiger partial charge in [-0.05, 0) is 49.1 Å². The largest absolute Gasteiger partial charge is 0.495 e. The van der Waals surface area contributed by atoms with Crippen LogP contribution in [-0.4, -0.2) is 39.1 Å². The van der Waals surface area contributed by atoms with Crippen LogP contribution in [0.15, 0.2) is 35.3 Å². The molecule has 0 aliphatic carbocycles. The minimum absolute atomic E-state index is 0.132. The third-order valence-electron chi connectivity index (χ3n) is 5.60. The number of carbonyl (C=O) groups is 1. The number of benzene rings is 1. The number of aromatic nitrogens is 3. The van der Waals surface area contributed by atoms with Crippen molar-refractivity contribution in [3.63, 3.8) is 0 Å². The lowest BCUT2D eigenvalue weighted by Gasteiger charge is -2.39. The normalized spacial score (nSPS) is 19.5. The van der Waals surface area contributed by atoms with E-state index < -0.39 is 6.03 Å². The van der Waals surface area contributed by atoms with Crippen molar-refractivity contribution in [2.45, 2.75) is 31.8 Å². The number of nitrogens with zero attached hydrogens (tertiary/aromatic N) is 3. The van der Waals surface area contributed by atoms with Gasteiger partial charge < -0.3 is 20.4 Å². The Balaban J connectivity index is 1.75. The van der Waals surface area contributed by atoms with Crippen molar-refractivity contribution in [3.8, 4) is 5.75 Å². The molecule has 3 aromatic rings. The lowest BCUT2D eigenvalue weighted by molar-refractivity contribution is 0.136. The Morgan fingerprint density at radius 3 is 2.86 bits per heavy atom. The van der Waals surface area contributed by atoms with Gasteiger partial charge in [-0.15, -0.1) is 0 Å². The first-order valence-corrected chi connectivity index (χ1v) is 9.73.